The molecule has 7 nitrogen and oxygen atoms in total. The third kappa shape index (κ3) is 9.78. The van der Waals surface area contributed by atoms with Gasteiger partial charge in [-0.05, 0) is 38.8 Å². The van der Waals surface area contributed by atoms with Gasteiger partial charge in [0.25, 0.3) is 0 Å². The van der Waals surface area contributed by atoms with Crippen LogP contribution in [0.1, 0.15) is 46.7 Å². The van der Waals surface area contributed by atoms with Crippen LogP contribution < -0.4 is 11.1 Å². The minimum atomic E-state index is -1.04. The summed E-state index contributed by atoms with van der Waals surface area (Å²) in [5, 5.41) is 11.3. The van der Waals surface area contributed by atoms with Crippen molar-refractivity contribution in [1.29, 1.82) is 0 Å². The largest absolute Gasteiger partial charge is 0.480 e. The highest BCUT2D eigenvalue weighted by atomic mass is 16.6. The molecule has 0 saturated carbocycles. The lowest BCUT2D eigenvalue weighted by Gasteiger charge is -2.24. The molecule has 4 N–H and O–H groups in total. The van der Waals surface area contributed by atoms with E-state index in [2.05, 4.69) is 10.3 Å². The second-order valence-electron chi connectivity index (χ2n) is 6.37. The number of hydrogen-bond acceptors (Lipinski definition) is 5. The Kier molecular flexibility index (Phi) is 9.64. The van der Waals surface area contributed by atoms with Gasteiger partial charge in [0.05, 0.1) is 5.69 Å². The Hall–Kier alpha value is -2.15. The molecule has 0 aromatic carbocycles. The van der Waals surface area contributed by atoms with Gasteiger partial charge in [0.15, 0.2) is 0 Å². The minimum absolute atomic E-state index is 0.134. The van der Waals surface area contributed by atoms with Gasteiger partial charge in [0.1, 0.15) is 11.6 Å². The first-order valence-corrected chi connectivity index (χ1v) is 7.93. The number of rotatable bonds is 5. The van der Waals surface area contributed by atoms with E-state index < -0.39 is 23.7 Å². The average molecular weight is 339 g/mol. The Morgan fingerprint density at radius 2 is 2.00 bits per heavy atom. The van der Waals surface area contributed by atoms with Crippen LogP contribution in [0.5, 0.6) is 0 Å². The standard InChI is InChI=1S/C11H21NO4.C6H8N2/c1-6-7(2)8(9(13)14)12-10(15)16-11(3,4)5;7-5-6-3-1-2-4-8-6/h7-8H,6H2,1-5H3,(H,12,15)(H,13,14);1-4H,5,7H2/t7-,8-;/m0./s1. The van der Waals surface area contributed by atoms with E-state index in [9.17, 15) is 9.59 Å². The number of carboxylic acid groups (broad SMARTS) is 1. The van der Waals surface area contributed by atoms with Gasteiger partial charge in [0, 0.05) is 12.7 Å². The van der Waals surface area contributed by atoms with Crippen molar-refractivity contribution >= 4 is 12.1 Å². The number of nitrogens with one attached hydrogen (secondary N) is 1. The van der Waals surface area contributed by atoms with Crippen molar-refractivity contribution in [2.75, 3.05) is 0 Å². The van der Waals surface area contributed by atoms with E-state index in [1.165, 1.54) is 0 Å². The van der Waals surface area contributed by atoms with Crippen molar-refractivity contribution in [1.82, 2.24) is 10.3 Å². The Bertz CT molecular complexity index is 500. The Labute approximate surface area is 143 Å². The summed E-state index contributed by atoms with van der Waals surface area (Å²) in [6, 6.07) is 4.80. The van der Waals surface area contributed by atoms with Crippen molar-refractivity contribution in [3.8, 4) is 0 Å². The SMILES string of the molecule is CC[C@H](C)[C@H](NC(=O)OC(C)(C)C)C(=O)O.NCc1ccccn1. The number of aromatic nitrogens is 1. The lowest BCUT2D eigenvalue weighted by Crippen LogP contribution is -2.46. The van der Waals surface area contributed by atoms with Crippen molar-refractivity contribution in [3.63, 3.8) is 0 Å². The minimum Gasteiger partial charge on any atom is -0.480 e. The van der Waals surface area contributed by atoms with Crippen molar-refractivity contribution in [3.05, 3.63) is 30.1 Å². The highest BCUT2D eigenvalue weighted by Gasteiger charge is 2.27. The number of amides is 1. The molecule has 0 fully saturated rings. The Balaban J connectivity index is 0.000000546. The zero-order valence-corrected chi connectivity index (χ0v) is 15.1. The van der Waals surface area contributed by atoms with E-state index in [4.69, 9.17) is 15.6 Å². The Morgan fingerprint density at radius 1 is 1.38 bits per heavy atom. The van der Waals surface area contributed by atoms with Crippen LogP contribution >= 0.6 is 0 Å². The van der Waals surface area contributed by atoms with Gasteiger partial charge in [-0.25, -0.2) is 9.59 Å². The molecule has 7 heteroatoms. The molecule has 0 aliphatic carbocycles. The number of carboxylic acids is 1. The first kappa shape index (κ1) is 21.9. The van der Waals surface area contributed by atoms with E-state index in [0.717, 1.165) is 5.69 Å². The predicted octanol–water partition coefficient (Wildman–Crippen LogP) is 2.55. The molecule has 136 valence electrons. The summed E-state index contributed by atoms with van der Waals surface area (Å²) >= 11 is 0. The summed E-state index contributed by atoms with van der Waals surface area (Å²) in [4.78, 5) is 26.3. The van der Waals surface area contributed by atoms with E-state index >= 15 is 0 Å². The number of alkyl carbamates (subject to hydrolysis) is 1. The summed E-state index contributed by atoms with van der Waals surface area (Å²) in [5.41, 5.74) is 5.60. The molecule has 1 rings (SSSR count). The van der Waals surface area contributed by atoms with Gasteiger partial charge in [-0.3, -0.25) is 4.98 Å². The van der Waals surface area contributed by atoms with Crippen LogP contribution in [-0.4, -0.2) is 33.8 Å². The van der Waals surface area contributed by atoms with Gasteiger partial charge in [-0.15, -0.1) is 0 Å². The quantitative estimate of drug-likeness (QED) is 0.759. The molecule has 0 aliphatic heterocycles. The molecule has 0 bridgehead atoms. The number of aliphatic carboxylic acids is 1. The van der Waals surface area contributed by atoms with Crippen LogP contribution in [0.2, 0.25) is 0 Å². The number of pyridine rings is 1. The highest BCUT2D eigenvalue weighted by molar-refractivity contribution is 5.80. The molecule has 24 heavy (non-hydrogen) atoms. The first-order valence-electron chi connectivity index (χ1n) is 7.93. The molecular formula is C17H29N3O4. The van der Waals surface area contributed by atoms with Gasteiger partial charge < -0.3 is 20.9 Å². The highest BCUT2D eigenvalue weighted by Crippen LogP contribution is 2.11. The third-order valence-electron chi connectivity index (χ3n) is 3.09. The van der Waals surface area contributed by atoms with Crippen LogP contribution in [0.3, 0.4) is 0 Å². The van der Waals surface area contributed by atoms with Crippen LogP contribution in [0.4, 0.5) is 4.79 Å². The molecule has 0 radical (unpaired) electrons. The van der Waals surface area contributed by atoms with Crippen LogP contribution in [0.15, 0.2) is 24.4 Å². The van der Waals surface area contributed by atoms with Gasteiger partial charge in [0.2, 0.25) is 0 Å². The van der Waals surface area contributed by atoms with Crippen molar-refractivity contribution < 1.29 is 19.4 Å². The fourth-order valence-corrected chi connectivity index (χ4v) is 1.64. The summed E-state index contributed by atoms with van der Waals surface area (Å²) in [6.07, 6.45) is 1.72. The molecule has 0 spiro atoms. The number of nitrogens with two attached hydrogens (primary N) is 1. The maximum atomic E-state index is 11.4. The topological polar surface area (TPSA) is 115 Å². The molecule has 1 aromatic rings. The average Bonchev–Trinajstić information content (AvgIpc) is 2.51. The summed E-state index contributed by atoms with van der Waals surface area (Å²) < 4.78 is 5.00. The van der Waals surface area contributed by atoms with E-state index in [-0.39, 0.29) is 5.92 Å². The lowest BCUT2D eigenvalue weighted by atomic mass is 10.00. The van der Waals surface area contributed by atoms with Crippen LogP contribution in [0.25, 0.3) is 0 Å². The van der Waals surface area contributed by atoms with Gasteiger partial charge in [-0.1, -0.05) is 26.3 Å². The van der Waals surface area contributed by atoms with Crippen LogP contribution in [0, 0.1) is 5.92 Å². The zero-order valence-electron chi connectivity index (χ0n) is 15.1. The molecule has 1 aromatic heterocycles. The van der Waals surface area contributed by atoms with E-state index in [1.807, 2.05) is 25.1 Å². The summed E-state index contributed by atoms with van der Waals surface area (Å²) in [6.45, 7) is 9.36. The summed E-state index contributed by atoms with van der Waals surface area (Å²) in [7, 11) is 0. The second kappa shape index (κ2) is 10.6. The molecule has 0 aliphatic rings. The number of carbonyl (C=O) groups excluding carboxylic acids is 1. The number of ether oxygens (including phenoxy) is 1. The maximum Gasteiger partial charge on any atom is 0.408 e. The fraction of sp³-hybridized carbons (Fsp3) is 0.588. The van der Waals surface area contributed by atoms with E-state index in [0.29, 0.717) is 13.0 Å². The molecule has 1 heterocycles. The maximum absolute atomic E-state index is 11.4. The van der Waals surface area contributed by atoms with Crippen molar-refractivity contribution in [2.45, 2.75) is 59.2 Å². The molecular weight excluding hydrogens is 310 g/mol. The molecule has 2 atom stereocenters. The van der Waals surface area contributed by atoms with E-state index in [1.54, 1.807) is 33.9 Å². The lowest BCUT2D eigenvalue weighted by molar-refractivity contribution is -0.140. The third-order valence-corrected chi connectivity index (χ3v) is 3.09. The fourth-order valence-electron chi connectivity index (χ4n) is 1.64. The number of carbonyl (C=O) groups is 2. The van der Waals surface area contributed by atoms with Crippen LogP contribution in [-0.2, 0) is 16.1 Å². The summed E-state index contributed by atoms with van der Waals surface area (Å²) in [5.74, 6) is -1.18. The molecule has 0 saturated heterocycles. The van der Waals surface area contributed by atoms with Gasteiger partial charge in [-0.2, -0.15) is 0 Å². The first-order chi connectivity index (χ1) is 11.1. The molecule has 0 unspecified atom stereocenters. The second-order valence-corrected chi connectivity index (χ2v) is 6.37. The monoisotopic (exact) mass is 339 g/mol. The number of hydrogen-bond donors (Lipinski definition) is 3. The molecule has 1 amide bonds. The predicted molar refractivity (Wildman–Crippen MR) is 92.4 cm³/mol. The van der Waals surface area contributed by atoms with Gasteiger partial charge >= 0.3 is 12.1 Å². The smallest absolute Gasteiger partial charge is 0.408 e. The Morgan fingerprint density at radius 3 is 2.33 bits per heavy atom. The normalized spacial score (nSPS) is 13.1. The number of nitrogens with zero attached hydrogens (tertiary/aromatic N) is 1. The van der Waals surface area contributed by atoms with Crippen molar-refractivity contribution in [2.24, 2.45) is 11.7 Å². The zero-order chi connectivity index (χ0) is 18.8.